The van der Waals surface area contributed by atoms with Gasteiger partial charge >= 0.3 is 0 Å². The van der Waals surface area contributed by atoms with Crippen LogP contribution < -0.4 is 0 Å². The molecule has 1 aliphatic rings. The van der Waals surface area contributed by atoms with Crippen molar-refractivity contribution in [3.8, 4) is 11.8 Å². The first-order valence-corrected chi connectivity index (χ1v) is 3.99. The summed E-state index contributed by atoms with van der Waals surface area (Å²) in [5.41, 5.74) is 2.34. The van der Waals surface area contributed by atoms with Crippen molar-refractivity contribution in [3.63, 3.8) is 0 Å². The summed E-state index contributed by atoms with van der Waals surface area (Å²) in [7, 11) is 0. The molecule has 0 heteroatoms. The molecule has 12 heavy (non-hydrogen) atoms. The molecule has 0 aromatic heterocycles. The van der Waals surface area contributed by atoms with Crippen molar-refractivity contribution in [1.82, 2.24) is 0 Å². The van der Waals surface area contributed by atoms with Gasteiger partial charge in [-0.1, -0.05) is 36.1 Å². The fourth-order valence-corrected chi connectivity index (χ4v) is 1.68. The highest BCUT2D eigenvalue weighted by Gasteiger charge is 2.06. The van der Waals surface area contributed by atoms with E-state index in [1.165, 1.54) is 21.9 Å². The average Bonchev–Trinajstić information content (AvgIpc) is 2.52. The Hall–Kier alpha value is -1.74. The van der Waals surface area contributed by atoms with E-state index >= 15 is 0 Å². The van der Waals surface area contributed by atoms with Crippen LogP contribution >= 0.6 is 0 Å². The molecule has 0 unspecified atom stereocenters. The molecule has 0 N–H and O–H groups in total. The predicted octanol–water partition coefficient (Wildman–Crippen LogP) is 2.55. The predicted molar refractivity (Wildman–Crippen MR) is 49.9 cm³/mol. The van der Waals surface area contributed by atoms with Crippen LogP contribution in [0.25, 0.3) is 10.8 Å². The maximum absolute atomic E-state index is 3.12. The van der Waals surface area contributed by atoms with Crippen molar-refractivity contribution in [1.29, 1.82) is 0 Å². The maximum atomic E-state index is 3.12. The van der Waals surface area contributed by atoms with E-state index in [9.17, 15) is 0 Å². The lowest BCUT2D eigenvalue weighted by atomic mass is 10.0. The minimum absolute atomic E-state index is 1.17. The second-order valence-electron chi connectivity index (χ2n) is 2.96. The van der Waals surface area contributed by atoms with Crippen LogP contribution in [-0.2, 0) is 0 Å². The van der Waals surface area contributed by atoms with Crippen LogP contribution in [0.15, 0.2) is 36.4 Å². The van der Waals surface area contributed by atoms with Crippen LogP contribution in [0.5, 0.6) is 0 Å². The largest absolute Gasteiger partial charge is 0.0609 e. The highest BCUT2D eigenvalue weighted by Crippen LogP contribution is 2.25. The molecule has 0 atom stereocenters. The van der Waals surface area contributed by atoms with E-state index in [0.717, 1.165) is 0 Å². The molecule has 0 spiro atoms. The number of rotatable bonds is 0. The molecule has 0 saturated carbocycles. The highest BCUT2D eigenvalue weighted by molar-refractivity contribution is 5.96. The summed E-state index contributed by atoms with van der Waals surface area (Å²) in [6, 6.07) is 12.5. The summed E-state index contributed by atoms with van der Waals surface area (Å²) >= 11 is 0. The van der Waals surface area contributed by atoms with Crippen molar-refractivity contribution < 1.29 is 0 Å². The molecule has 0 bridgehead atoms. The van der Waals surface area contributed by atoms with E-state index in [0.29, 0.717) is 0 Å². The van der Waals surface area contributed by atoms with Gasteiger partial charge in [-0.15, -0.1) is 0 Å². The van der Waals surface area contributed by atoms with Crippen molar-refractivity contribution in [2.75, 3.05) is 0 Å². The molecule has 0 radical (unpaired) electrons. The quantitative estimate of drug-likeness (QED) is 0.432. The Labute approximate surface area is 70.8 Å². The van der Waals surface area contributed by atoms with Crippen LogP contribution in [0, 0.1) is 11.8 Å². The molecule has 0 fully saturated rings. The van der Waals surface area contributed by atoms with Gasteiger partial charge in [0.2, 0.25) is 0 Å². The van der Waals surface area contributed by atoms with E-state index in [2.05, 4.69) is 48.2 Å². The first kappa shape index (κ1) is 5.85. The molecule has 0 heterocycles. The summed E-state index contributed by atoms with van der Waals surface area (Å²) in [6.45, 7) is 0. The summed E-state index contributed by atoms with van der Waals surface area (Å²) < 4.78 is 0. The second kappa shape index (κ2) is 1.89. The SMILES string of the molecule is C1#Cc2cccc3cccc1c23. The van der Waals surface area contributed by atoms with Crippen molar-refractivity contribution >= 4 is 10.8 Å². The molecule has 0 saturated heterocycles. The fraction of sp³-hybridized carbons (Fsp3) is 0. The molecular weight excluding hydrogens is 144 g/mol. The Morgan fingerprint density at radius 2 is 1.33 bits per heavy atom. The Kier molecular flexibility index (Phi) is 0.924. The van der Waals surface area contributed by atoms with E-state index in [1.54, 1.807) is 0 Å². The van der Waals surface area contributed by atoms with Crippen LogP contribution in [0.1, 0.15) is 11.1 Å². The fourth-order valence-electron chi connectivity index (χ4n) is 1.68. The molecule has 2 aromatic carbocycles. The molecule has 3 rings (SSSR count). The van der Waals surface area contributed by atoms with Gasteiger partial charge in [0.05, 0.1) is 0 Å². The van der Waals surface area contributed by atoms with Gasteiger partial charge in [0, 0.05) is 16.5 Å². The summed E-state index contributed by atoms with van der Waals surface area (Å²) in [5, 5.41) is 2.57. The van der Waals surface area contributed by atoms with Gasteiger partial charge in [0.15, 0.2) is 0 Å². The minimum Gasteiger partial charge on any atom is -0.0609 e. The van der Waals surface area contributed by atoms with E-state index < -0.39 is 0 Å². The third-order valence-electron chi connectivity index (χ3n) is 2.24. The standard InChI is InChI=1S/C12H6/c1-3-9-4-2-6-11-8-7-10(5-1)12(9)11/h1-6H. The molecular formula is C12H6. The van der Waals surface area contributed by atoms with Crippen molar-refractivity contribution in [2.45, 2.75) is 0 Å². The van der Waals surface area contributed by atoms with Gasteiger partial charge in [0.25, 0.3) is 0 Å². The van der Waals surface area contributed by atoms with Crippen molar-refractivity contribution in [2.24, 2.45) is 0 Å². The lowest BCUT2D eigenvalue weighted by molar-refractivity contribution is 1.70. The van der Waals surface area contributed by atoms with Crippen molar-refractivity contribution in [3.05, 3.63) is 47.5 Å². The topological polar surface area (TPSA) is 0 Å². The zero-order valence-electron chi connectivity index (χ0n) is 6.46. The van der Waals surface area contributed by atoms with E-state index in [-0.39, 0.29) is 0 Å². The van der Waals surface area contributed by atoms with Gasteiger partial charge < -0.3 is 0 Å². The Bertz CT molecular complexity index is 482. The van der Waals surface area contributed by atoms with Gasteiger partial charge in [-0.25, -0.2) is 0 Å². The van der Waals surface area contributed by atoms with Crippen LogP contribution in [0.4, 0.5) is 0 Å². The Morgan fingerprint density at radius 1 is 0.750 bits per heavy atom. The Morgan fingerprint density at radius 3 is 1.92 bits per heavy atom. The van der Waals surface area contributed by atoms with Gasteiger partial charge in [-0.2, -0.15) is 0 Å². The lowest BCUT2D eigenvalue weighted by Crippen LogP contribution is -1.77. The second-order valence-corrected chi connectivity index (χ2v) is 2.96. The van der Waals surface area contributed by atoms with E-state index in [1.807, 2.05) is 0 Å². The monoisotopic (exact) mass is 150 g/mol. The van der Waals surface area contributed by atoms with Crippen LogP contribution in [0.2, 0.25) is 0 Å². The summed E-state index contributed by atoms with van der Waals surface area (Å²) in [4.78, 5) is 0. The van der Waals surface area contributed by atoms with Gasteiger partial charge in [-0.3, -0.25) is 0 Å². The first-order valence-electron chi connectivity index (χ1n) is 3.99. The minimum atomic E-state index is 1.17. The normalized spacial score (nSPS) is 11.3. The molecule has 0 nitrogen and oxygen atoms in total. The van der Waals surface area contributed by atoms with E-state index in [4.69, 9.17) is 0 Å². The third kappa shape index (κ3) is 0.586. The van der Waals surface area contributed by atoms with Crippen LogP contribution in [0.3, 0.4) is 0 Å². The average molecular weight is 150 g/mol. The molecule has 0 amide bonds. The maximum Gasteiger partial charge on any atom is 0.0340 e. The lowest BCUT2D eigenvalue weighted by Gasteiger charge is -1.98. The Balaban J connectivity index is 2.66. The van der Waals surface area contributed by atoms with Gasteiger partial charge in [-0.05, 0) is 17.5 Å². The zero-order valence-corrected chi connectivity index (χ0v) is 6.46. The third-order valence-corrected chi connectivity index (χ3v) is 2.24. The molecule has 54 valence electrons. The molecule has 1 aliphatic carbocycles. The number of hydrogen-bond donors (Lipinski definition) is 0. The smallest absolute Gasteiger partial charge is 0.0340 e. The summed E-state index contributed by atoms with van der Waals surface area (Å²) in [6.07, 6.45) is 0. The summed E-state index contributed by atoms with van der Waals surface area (Å²) in [5.74, 6) is 6.25. The molecule has 0 aliphatic heterocycles. The zero-order chi connectivity index (χ0) is 7.97. The number of hydrogen-bond acceptors (Lipinski definition) is 0. The van der Waals surface area contributed by atoms with Crippen LogP contribution in [-0.4, -0.2) is 0 Å². The highest BCUT2D eigenvalue weighted by atomic mass is 14.1. The first-order chi connectivity index (χ1) is 5.95. The van der Waals surface area contributed by atoms with Gasteiger partial charge in [0.1, 0.15) is 0 Å². The number of benzene rings is 2. The molecule has 2 aromatic rings.